The van der Waals surface area contributed by atoms with Gasteiger partial charge in [-0.1, -0.05) is 12.1 Å². The molecule has 1 aromatic carbocycles. The monoisotopic (exact) mass is 227 g/mol. The summed E-state index contributed by atoms with van der Waals surface area (Å²) in [7, 11) is -3.28. The minimum Gasteiger partial charge on any atom is -0.298 e. The molecular weight excluding hydrogens is 214 g/mol. The van der Waals surface area contributed by atoms with Crippen LogP contribution in [0.25, 0.3) is 0 Å². The fourth-order valence-corrected chi connectivity index (χ4v) is 2.33. The Morgan fingerprint density at radius 2 is 2.07 bits per heavy atom. The van der Waals surface area contributed by atoms with Gasteiger partial charge in [0.15, 0.2) is 0 Å². The van der Waals surface area contributed by atoms with E-state index in [1.54, 1.807) is 31.2 Å². The molecule has 15 heavy (non-hydrogen) atoms. The average molecular weight is 227 g/mol. The molecule has 0 atom stereocenters. The van der Waals surface area contributed by atoms with E-state index in [0.717, 1.165) is 6.26 Å². The second-order valence-corrected chi connectivity index (χ2v) is 5.05. The Balaban J connectivity index is 3.18. The molecule has 0 amide bonds. The predicted molar refractivity (Wildman–Crippen MR) is 59.7 cm³/mol. The third-order valence-electron chi connectivity index (χ3n) is 1.98. The Bertz CT molecular complexity index is 453. The number of anilines is 1. The zero-order valence-corrected chi connectivity index (χ0v) is 9.49. The van der Waals surface area contributed by atoms with Gasteiger partial charge >= 0.3 is 0 Å². The number of hydrogen-bond acceptors (Lipinski definition) is 3. The number of rotatable bonds is 4. The minimum atomic E-state index is -3.28. The number of sulfonamides is 1. The van der Waals surface area contributed by atoms with E-state index in [9.17, 15) is 13.2 Å². The topological polar surface area (TPSA) is 54.5 Å². The molecule has 5 heteroatoms. The van der Waals surface area contributed by atoms with Crippen molar-refractivity contribution >= 4 is 22.0 Å². The van der Waals surface area contributed by atoms with Gasteiger partial charge in [-0.25, -0.2) is 8.42 Å². The third kappa shape index (κ3) is 2.79. The summed E-state index contributed by atoms with van der Waals surface area (Å²) < 4.78 is 24.1. The smallest absolute Gasteiger partial charge is 0.232 e. The molecule has 0 unspecified atom stereocenters. The van der Waals surface area contributed by atoms with Crippen molar-refractivity contribution in [3.05, 3.63) is 29.8 Å². The number of carbonyl (C=O) groups excluding carboxylic acids is 1. The summed E-state index contributed by atoms with van der Waals surface area (Å²) in [5.74, 6) is 0. The van der Waals surface area contributed by atoms with E-state index in [2.05, 4.69) is 0 Å². The van der Waals surface area contributed by atoms with Crippen molar-refractivity contribution in [2.75, 3.05) is 17.1 Å². The second-order valence-electron chi connectivity index (χ2n) is 3.14. The lowest BCUT2D eigenvalue weighted by Gasteiger charge is -2.20. The normalized spacial score (nSPS) is 11.1. The number of hydrogen-bond donors (Lipinski definition) is 0. The molecular formula is C10H13NO3S. The summed E-state index contributed by atoms with van der Waals surface area (Å²) in [4.78, 5) is 10.6. The van der Waals surface area contributed by atoms with Gasteiger partial charge in [0.25, 0.3) is 0 Å². The number of benzene rings is 1. The van der Waals surface area contributed by atoms with Gasteiger partial charge in [0.2, 0.25) is 10.0 Å². The van der Waals surface area contributed by atoms with Crippen molar-refractivity contribution in [1.82, 2.24) is 0 Å². The molecule has 0 aliphatic heterocycles. The molecule has 0 N–H and O–H groups in total. The van der Waals surface area contributed by atoms with Gasteiger partial charge in [-0.3, -0.25) is 9.10 Å². The van der Waals surface area contributed by atoms with Crippen LogP contribution in [0.15, 0.2) is 24.3 Å². The Kier molecular flexibility index (Phi) is 3.47. The quantitative estimate of drug-likeness (QED) is 0.728. The maximum atomic E-state index is 11.4. The van der Waals surface area contributed by atoms with Crippen molar-refractivity contribution in [1.29, 1.82) is 0 Å². The summed E-state index contributed by atoms with van der Waals surface area (Å²) in [6.07, 6.45) is 1.84. The molecule has 0 radical (unpaired) electrons. The van der Waals surface area contributed by atoms with Crippen molar-refractivity contribution < 1.29 is 13.2 Å². The first-order chi connectivity index (χ1) is 6.99. The molecule has 0 aromatic heterocycles. The van der Waals surface area contributed by atoms with Crippen LogP contribution in [0.3, 0.4) is 0 Å². The second kappa shape index (κ2) is 4.44. The van der Waals surface area contributed by atoms with Crippen LogP contribution in [0.1, 0.15) is 17.3 Å². The van der Waals surface area contributed by atoms with Gasteiger partial charge < -0.3 is 0 Å². The zero-order valence-electron chi connectivity index (χ0n) is 8.67. The van der Waals surface area contributed by atoms with Crippen LogP contribution in [-0.2, 0) is 10.0 Å². The van der Waals surface area contributed by atoms with Crippen LogP contribution < -0.4 is 4.31 Å². The molecule has 0 heterocycles. The first-order valence-electron chi connectivity index (χ1n) is 4.52. The van der Waals surface area contributed by atoms with Gasteiger partial charge in [-0.15, -0.1) is 0 Å². The standard InChI is InChI=1S/C10H13NO3S/c1-3-11(15(2,13)14)10-6-4-5-9(7-10)8-12/h4-8H,3H2,1-2H3. The highest BCUT2D eigenvalue weighted by Gasteiger charge is 2.14. The molecule has 0 aliphatic rings. The van der Waals surface area contributed by atoms with Crippen molar-refractivity contribution in [2.45, 2.75) is 6.92 Å². The molecule has 0 bridgehead atoms. The zero-order chi connectivity index (χ0) is 11.5. The molecule has 82 valence electrons. The number of carbonyl (C=O) groups is 1. The fraction of sp³-hybridized carbons (Fsp3) is 0.300. The molecule has 0 aliphatic carbocycles. The Hall–Kier alpha value is -1.36. The molecule has 0 saturated heterocycles. The summed E-state index contributed by atoms with van der Waals surface area (Å²) in [6, 6.07) is 6.51. The highest BCUT2D eigenvalue weighted by atomic mass is 32.2. The Labute approximate surface area is 89.6 Å². The van der Waals surface area contributed by atoms with E-state index in [4.69, 9.17) is 0 Å². The van der Waals surface area contributed by atoms with Gasteiger partial charge in [-0.2, -0.15) is 0 Å². The van der Waals surface area contributed by atoms with Crippen molar-refractivity contribution in [3.63, 3.8) is 0 Å². The molecule has 4 nitrogen and oxygen atoms in total. The van der Waals surface area contributed by atoms with Crippen molar-refractivity contribution in [2.24, 2.45) is 0 Å². The van der Waals surface area contributed by atoms with E-state index in [-0.39, 0.29) is 0 Å². The molecule has 0 spiro atoms. The maximum Gasteiger partial charge on any atom is 0.232 e. The predicted octanol–water partition coefficient (Wildman–Crippen LogP) is 1.29. The van der Waals surface area contributed by atoms with Gasteiger partial charge in [0, 0.05) is 12.1 Å². The highest BCUT2D eigenvalue weighted by molar-refractivity contribution is 7.92. The highest BCUT2D eigenvalue weighted by Crippen LogP contribution is 2.17. The van der Waals surface area contributed by atoms with Crippen LogP contribution in [0.4, 0.5) is 5.69 Å². The lowest BCUT2D eigenvalue weighted by Crippen LogP contribution is -2.29. The third-order valence-corrected chi connectivity index (χ3v) is 3.25. The van der Waals surface area contributed by atoms with Crippen molar-refractivity contribution in [3.8, 4) is 0 Å². The van der Waals surface area contributed by atoms with E-state index in [1.165, 1.54) is 4.31 Å². The summed E-state index contributed by atoms with van der Waals surface area (Å²) in [6.45, 7) is 2.09. The maximum absolute atomic E-state index is 11.4. The van der Waals surface area contributed by atoms with Gasteiger partial charge in [0.1, 0.15) is 6.29 Å². The number of aldehydes is 1. The largest absolute Gasteiger partial charge is 0.298 e. The summed E-state index contributed by atoms with van der Waals surface area (Å²) in [5, 5.41) is 0. The van der Waals surface area contributed by atoms with E-state index in [1.807, 2.05) is 0 Å². The lowest BCUT2D eigenvalue weighted by molar-refractivity contribution is 0.112. The van der Waals surface area contributed by atoms with E-state index >= 15 is 0 Å². The van der Waals surface area contributed by atoms with E-state index < -0.39 is 10.0 Å². The Morgan fingerprint density at radius 3 is 2.53 bits per heavy atom. The molecule has 0 fully saturated rings. The summed E-state index contributed by atoms with van der Waals surface area (Å²) >= 11 is 0. The molecule has 1 aromatic rings. The fourth-order valence-electron chi connectivity index (χ4n) is 1.36. The van der Waals surface area contributed by atoms with Gasteiger partial charge in [-0.05, 0) is 19.1 Å². The van der Waals surface area contributed by atoms with Crippen LogP contribution in [0, 0.1) is 0 Å². The van der Waals surface area contributed by atoms with Crippen LogP contribution in [-0.4, -0.2) is 27.5 Å². The van der Waals surface area contributed by atoms with Gasteiger partial charge in [0.05, 0.1) is 11.9 Å². The minimum absolute atomic E-state index is 0.348. The first kappa shape index (κ1) is 11.7. The first-order valence-corrected chi connectivity index (χ1v) is 6.37. The Morgan fingerprint density at radius 1 is 1.40 bits per heavy atom. The molecule has 0 saturated carbocycles. The van der Waals surface area contributed by atoms with E-state index in [0.29, 0.717) is 24.1 Å². The SMILES string of the molecule is CCN(c1cccc(C=O)c1)S(C)(=O)=O. The average Bonchev–Trinajstić information content (AvgIpc) is 2.17. The molecule has 1 rings (SSSR count). The van der Waals surface area contributed by atoms with Crippen LogP contribution in [0.5, 0.6) is 0 Å². The lowest BCUT2D eigenvalue weighted by atomic mass is 10.2. The number of nitrogens with zero attached hydrogens (tertiary/aromatic N) is 1. The van der Waals surface area contributed by atoms with Crippen LogP contribution in [0.2, 0.25) is 0 Å². The van der Waals surface area contributed by atoms with Crippen LogP contribution >= 0.6 is 0 Å². The summed E-state index contributed by atoms with van der Waals surface area (Å²) in [5.41, 5.74) is 0.985.